The van der Waals surface area contributed by atoms with Crippen molar-refractivity contribution in [2.24, 2.45) is 10.7 Å². The molecule has 1 atom stereocenters. The van der Waals surface area contributed by atoms with Gasteiger partial charge >= 0.3 is 0 Å². The summed E-state index contributed by atoms with van der Waals surface area (Å²) in [4.78, 5) is 4.10. The van der Waals surface area contributed by atoms with E-state index in [2.05, 4.69) is 10.3 Å². The summed E-state index contributed by atoms with van der Waals surface area (Å²) < 4.78 is 28.2. The third kappa shape index (κ3) is 4.53. The fraction of sp³-hybridized carbons (Fsp3) is 0.417. The van der Waals surface area contributed by atoms with Gasteiger partial charge in [0.2, 0.25) is 0 Å². The molecule has 0 amide bonds. The Balaban J connectivity index is 1.88. The maximum atomic E-state index is 11.4. The first kappa shape index (κ1) is 13.8. The van der Waals surface area contributed by atoms with Gasteiger partial charge in [-0.15, -0.1) is 0 Å². The van der Waals surface area contributed by atoms with Crippen LogP contribution < -0.4 is 11.1 Å². The molecule has 1 unspecified atom stereocenters. The molecule has 2 rings (SSSR count). The highest BCUT2D eigenvalue weighted by Gasteiger charge is 2.25. The van der Waals surface area contributed by atoms with Crippen LogP contribution in [0.1, 0.15) is 0 Å². The largest absolute Gasteiger partial charge is 0.374 e. The molecule has 1 heterocycles. The van der Waals surface area contributed by atoms with Gasteiger partial charge in [0.05, 0.1) is 30.8 Å². The first-order valence-corrected chi connectivity index (χ1v) is 7.81. The van der Waals surface area contributed by atoms with Crippen LogP contribution in [0.2, 0.25) is 0 Å². The van der Waals surface area contributed by atoms with Gasteiger partial charge in [-0.1, -0.05) is 18.2 Å². The number of anilines is 1. The van der Waals surface area contributed by atoms with Gasteiger partial charge in [-0.2, -0.15) is 0 Å². The zero-order chi connectivity index (χ0) is 13.7. The van der Waals surface area contributed by atoms with E-state index in [-0.39, 0.29) is 30.6 Å². The summed E-state index contributed by atoms with van der Waals surface area (Å²) in [5.41, 5.74) is 6.56. The summed E-state index contributed by atoms with van der Waals surface area (Å²) in [6.45, 7) is 0.472. The average Bonchev–Trinajstić information content (AvgIpc) is 2.36. The van der Waals surface area contributed by atoms with Crippen molar-refractivity contribution in [2.45, 2.75) is 6.10 Å². The van der Waals surface area contributed by atoms with Crippen molar-refractivity contribution in [3.05, 3.63) is 30.3 Å². The van der Waals surface area contributed by atoms with Crippen molar-refractivity contribution in [1.29, 1.82) is 0 Å². The van der Waals surface area contributed by atoms with Crippen molar-refractivity contribution in [2.75, 3.05) is 30.0 Å². The molecule has 1 fully saturated rings. The van der Waals surface area contributed by atoms with Crippen LogP contribution in [0.25, 0.3) is 0 Å². The second-order valence-electron chi connectivity index (χ2n) is 4.32. The van der Waals surface area contributed by atoms with E-state index in [1.807, 2.05) is 30.3 Å². The molecule has 0 bridgehead atoms. The number of aliphatic imine (C=N–C) groups is 1. The number of rotatable bonds is 3. The molecule has 6 nitrogen and oxygen atoms in total. The molecule has 0 spiro atoms. The molecule has 0 saturated carbocycles. The highest BCUT2D eigenvalue weighted by atomic mass is 32.2. The molecule has 7 heteroatoms. The van der Waals surface area contributed by atoms with Crippen molar-refractivity contribution >= 4 is 21.5 Å². The van der Waals surface area contributed by atoms with Gasteiger partial charge in [-0.3, -0.25) is 4.99 Å². The number of benzene rings is 1. The summed E-state index contributed by atoms with van der Waals surface area (Å²) in [5.74, 6) is 0.345. The van der Waals surface area contributed by atoms with E-state index in [4.69, 9.17) is 10.5 Å². The number of hydrogen-bond donors (Lipinski definition) is 2. The summed E-state index contributed by atoms with van der Waals surface area (Å²) in [7, 11) is -2.99. The van der Waals surface area contributed by atoms with Gasteiger partial charge in [-0.25, -0.2) is 8.42 Å². The molecule has 0 aliphatic carbocycles. The predicted octanol–water partition coefficient (Wildman–Crippen LogP) is 0.227. The van der Waals surface area contributed by atoms with Crippen LogP contribution in [-0.2, 0) is 14.6 Å². The van der Waals surface area contributed by atoms with Crippen LogP contribution in [0.5, 0.6) is 0 Å². The lowest BCUT2D eigenvalue weighted by Gasteiger charge is -2.21. The molecule has 1 aliphatic rings. The maximum Gasteiger partial charge on any atom is 0.193 e. The van der Waals surface area contributed by atoms with E-state index in [1.165, 1.54) is 0 Å². The zero-order valence-electron chi connectivity index (χ0n) is 10.5. The SMILES string of the molecule is NC(=NCC1CS(=O)(=O)CCO1)Nc1ccccc1. The standard InChI is InChI=1S/C12H17N3O3S/c13-12(15-10-4-2-1-3-5-10)14-8-11-9-19(16,17)7-6-18-11/h1-5,11H,6-9H2,(H3,13,14,15). The van der Waals surface area contributed by atoms with Crippen LogP contribution in [0.15, 0.2) is 35.3 Å². The van der Waals surface area contributed by atoms with E-state index in [0.717, 1.165) is 5.69 Å². The molecule has 1 aromatic carbocycles. The second kappa shape index (κ2) is 6.03. The third-order valence-corrected chi connectivity index (χ3v) is 4.37. The highest BCUT2D eigenvalue weighted by molar-refractivity contribution is 7.91. The average molecular weight is 283 g/mol. The van der Waals surface area contributed by atoms with Crippen molar-refractivity contribution in [3.63, 3.8) is 0 Å². The van der Waals surface area contributed by atoms with Gasteiger partial charge in [0.15, 0.2) is 15.8 Å². The number of hydrogen-bond acceptors (Lipinski definition) is 4. The maximum absolute atomic E-state index is 11.4. The van der Waals surface area contributed by atoms with Crippen LogP contribution in [0, 0.1) is 0 Å². The second-order valence-corrected chi connectivity index (χ2v) is 6.55. The topological polar surface area (TPSA) is 93.8 Å². The van der Waals surface area contributed by atoms with E-state index in [0.29, 0.717) is 0 Å². The Kier molecular flexibility index (Phi) is 4.39. The summed E-state index contributed by atoms with van der Waals surface area (Å²) in [6.07, 6.45) is -0.408. The molecular formula is C12H17N3O3S. The number of ether oxygens (including phenoxy) is 1. The Hall–Kier alpha value is -1.60. The summed E-state index contributed by atoms with van der Waals surface area (Å²) in [5, 5.41) is 2.92. The fourth-order valence-electron chi connectivity index (χ4n) is 1.77. The van der Waals surface area contributed by atoms with Gasteiger partial charge in [-0.05, 0) is 12.1 Å². The van der Waals surface area contributed by atoms with E-state index in [9.17, 15) is 8.42 Å². The van der Waals surface area contributed by atoms with Crippen LogP contribution in [-0.4, -0.2) is 45.1 Å². The monoisotopic (exact) mass is 283 g/mol. The number of nitrogens with zero attached hydrogens (tertiary/aromatic N) is 1. The molecule has 3 N–H and O–H groups in total. The first-order chi connectivity index (χ1) is 9.05. The Morgan fingerprint density at radius 3 is 2.84 bits per heavy atom. The van der Waals surface area contributed by atoms with Gasteiger partial charge in [0.1, 0.15) is 0 Å². The Morgan fingerprint density at radius 2 is 2.16 bits per heavy atom. The minimum Gasteiger partial charge on any atom is -0.374 e. The minimum absolute atomic E-state index is 0.00904. The molecule has 104 valence electrons. The van der Waals surface area contributed by atoms with E-state index < -0.39 is 15.9 Å². The summed E-state index contributed by atoms with van der Waals surface area (Å²) >= 11 is 0. The Bertz CT molecular complexity index is 543. The Labute approximate surface area is 112 Å². The van der Waals surface area contributed by atoms with Crippen molar-refractivity contribution in [3.8, 4) is 0 Å². The quantitative estimate of drug-likeness (QED) is 0.611. The smallest absolute Gasteiger partial charge is 0.193 e. The van der Waals surface area contributed by atoms with Crippen LogP contribution in [0.3, 0.4) is 0 Å². The molecule has 1 aromatic rings. The minimum atomic E-state index is -2.99. The molecule has 1 saturated heterocycles. The number of para-hydroxylation sites is 1. The predicted molar refractivity (Wildman–Crippen MR) is 74.9 cm³/mol. The lowest BCUT2D eigenvalue weighted by Crippen LogP contribution is -2.37. The van der Waals surface area contributed by atoms with Crippen molar-refractivity contribution < 1.29 is 13.2 Å². The van der Waals surface area contributed by atoms with Crippen molar-refractivity contribution in [1.82, 2.24) is 0 Å². The molecule has 1 aliphatic heterocycles. The number of sulfone groups is 1. The van der Waals surface area contributed by atoms with Crippen LogP contribution >= 0.6 is 0 Å². The number of guanidine groups is 1. The van der Waals surface area contributed by atoms with Crippen LogP contribution in [0.4, 0.5) is 5.69 Å². The first-order valence-electron chi connectivity index (χ1n) is 5.99. The molecule has 0 radical (unpaired) electrons. The van der Waals surface area contributed by atoms with E-state index in [1.54, 1.807) is 0 Å². The van der Waals surface area contributed by atoms with Gasteiger partial charge < -0.3 is 15.8 Å². The normalized spacial score (nSPS) is 22.9. The van der Waals surface area contributed by atoms with E-state index >= 15 is 0 Å². The van der Waals surface area contributed by atoms with Gasteiger partial charge in [0.25, 0.3) is 0 Å². The van der Waals surface area contributed by atoms with Gasteiger partial charge in [0, 0.05) is 5.69 Å². The number of nitrogens with one attached hydrogen (secondary N) is 1. The third-order valence-electron chi connectivity index (χ3n) is 2.70. The molecule has 19 heavy (non-hydrogen) atoms. The Morgan fingerprint density at radius 1 is 1.42 bits per heavy atom. The zero-order valence-corrected chi connectivity index (χ0v) is 11.3. The number of nitrogens with two attached hydrogens (primary N) is 1. The molecule has 0 aromatic heterocycles. The summed E-state index contributed by atoms with van der Waals surface area (Å²) in [6, 6.07) is 9.39. The molecular weight excluding hydrogens is 266 g/mol. The lowest BCUT2D eigenvalue weighted by atomic mass is 10.3. The highest BCUT2D eigenvalue weighted by Crippen LogP contribution is 2.08. The lowest BCUT2D eigenvalue weighted by molar-refractivity contribution is 0.0783. The fourth-order valence-corrected chi connectivity index (χ4v) is 3.06.